The summed E-state index contributed by atoms with van der Waals surface area (Å²) >= 11 is 0. The fourth-order valence-electron chi connectivity index (χ4n) is 6.38. The van der Waals surface area contributed by atoms with Crippen molar-refractivity contribution in [1.29, 1.82) is 0 Å². The summed E-state index contributed by atoms with van der Waals surface area (Å²) in [7, 11) is 0. The molecule has 0 spiro atoms. The molecule has 0 amide bonds. The summed E-state index contributed by atoms with van der Waals surface area (Å²) in [4.78, 5) is 14.3. The van der Waals surface area contributed by atoms with Gasteiger partial charge in [-0.05, 0) is 99.8 Å². The highest BCUT2D eigenvalue weighted by Gasteiger charge is 2.26. The van der Waals surface area contributed by atoms with Crippen LogP contribution in [0.2, 0.25) is 0 Å². The molecule has 0 atom stereocenters. The minimum atomic E-state index is 0.942. The van der Waals surface area contributed by atoms with Gasteiger partial charge in [-0.1, -0.05) is 24.3 Å². The van der Waals surface area contributed by atoms with E-state index in [9.17, 15) is 0 Å². The number of nitrogens with zero attached hydrogens (tertiary/aromatic N) is 4. The third-order valence-corrected chi connectivity index (χ3v) is 7.91. The van der Waals surface area contributed by atoms with Crippen LogP contribution in [0.1, 0.15) is 22.3 Å². The molecule has 9 rings (SSSR count). The van der Waals surface area contributed by atoms with Crippen LogP contribution in [0.25, 0.3) is 60.7 Å². The fourth-order valence-corrected chi connectivity index (χ4v) is 6.38. The quantitative estimate of drug-likeness (QED) is 0.243. The molecule has 4 nitrogen and oxygen atoms in total. The Morgan fingerprint density at radius 2 is 1.43 bits per heavy atom. The number of benzene rings is 3. The van der Waals surface area contributed by atoms with Crippen LogP contribution in [0.3, 0.4) is 0 Å². The number of aromatic nitrogens is 4. The number of rotatable bonds is 0. The maximum absolute atomic E-state index is 5.12. The molecule has 0 N–H and O–H groups in total. The van der Waals surface area contributed by atoms with E-state index in [0.717, 1.165) is 51.3 Å². The van der Waals surface area contributed by atoms with Gasteiger partial charge in [-0.3, -0.25) is 14.4 Å². The topological polar surface area (TPSA) is 43.1 Å². The van der Waals surface area contributed by atoms with Gasteiger partial charge < -0.3 is 0 Å². The van der Waals surface area contributed by atoms with Crippen molar-refractivity contribution in [2.24, 2.45) is 0 Å². The Hall–Kier alpha value is -4.57. The lowest BCUT2D eigenvalue weighted by molar-refractivity contribution is 1.24. The van der Waals surface area contributed by atoms with Crippen molar-refractivity contribution in [1.82, 2.24) is 19.4 Å². The van der Waals surface area contributed by atoms with Gasteiger partial charge in [0, 0.05) is 23.2 Å². The van der Waals surface area contributed by atoms with Crippen LogP contribution in [-0.2, 0) is 12.8 Å². The average molecular weight is 447 g/mol. The predicted octanol–water partition coefficient (Wildman–Crippen LogP) is 6.73. The molecule has 0 fully saturated rings. The lowest BCUT2D eigenvalue weighted by Crippen LogP contribution is -1.93. The second-order valence-corrected chi connectivity index (χ2v) is 9.74. The number of hydrogen-bond donors (Lipinski definition) is 0. The van der Waals surface area contributed by atoms with Crippen molar-refractivity contribution in [2.75, 3.05) is 0 Å². The number of hydrogen-bond acceptors (Lipinski definition) is 3. The van der Waals surface area contributed by atoms with Gasteiger partial charge in [0.15, 0.2) is 0 Å². The van der Waals surface area contributed by atoms with Crippen LogP contribution < -0.4 is 0 Å². The van der Waals surface area contributed by atoms with Gasteiger partial charge in [-0.25, -0.2) is 4.98 Å². The molecule has 2 aliphatic carbocycles. The van der Waals surface area contributed by atoms with Crippen molar-refractivity contribution in [3.8, 4) is 22.3 Å². The Kier molecular flexibility index (Phi) is 3.11. The minimum absolute atomic E-state index is 0.942. The first kappa shape index (κ1) is 17.8. The number of imidazole rings is 1. The summed E-state index contributed by atoms with van der Waals surface area (Å²) in [5.74, 6) is 0. The second-order valence-electron chi connectivity index (χ2n) is 9.74. The summed E-state index contributed by atoms with van der Waals surface area (Å²) in [6, 6.07) is 24.5. The summed E-state index contributed by atoms with van der Waals surface area (Å²) in [6.45, 7) is 0. The van der Waals surface area contributed by atoms with E-state index in [2.05, 4.69) is 70.0 Å². The van der Waals surface area contributed by atoms with Crippen molar-refractivity contribution < 1.29 is 0 Å². The van der Waals surface area contributed by atoms with Gasteiger partial charge in [-0.2, -0.15) is 0 Å². The van der Waals surface area contributed by atoms with Crippen LogP contribution in [0, 0.1) is 0 Å². The number of fused-ring (bicyclic) bond motifs is 14. The molecule has 7 aromatic rings. The van der Waals surface area contributed by atoms with E-state index in [1.54, 1.807) is 0 Å². The van der Waals surface area contributed by atoms with E-state index in [0.29, 0.717) is 0 Å². The Balaban J connectivity index is 1.35. The lowest BCUT2D eigenvalue weighted by Gasteiger charge is -2.08. The van der Waals surface area contributed by atoms with E-state index >= 15 is 0 Å². The normalized spacial score (nSPS) is 13.5. The van der Waals surface area contributed by atoms with Crippen LogP contribution in [0.4, 0.5) is 0 Å². The van der Waals surface area contributed by atoms with Crippen molar-refractivity contribution in [3.05, 3.63) is 108 Å². The Morgan fingerprint density at radius 3 is 2.37 bits per heavy atom. The van der Waals surface area contributed by atoms with Crippen molar-refractivity contribution in [2.45, 2.75) is 12.8 Å². The van der Waals surface area contributed by atoms with E-state index < -0.39 is 0 Å². The van der Waals surface area contributed by atoms with Crippen LogP contribution >= 0.6 is 0 Å². The van der Waals surface area contributed by atoms with Gasteiger partial charge >= 0.3 is 0 Å². The standard InChI is InChI=1S/C31H18N4/c1-2-5-21-17(4-1)10-18-13-25-19(12-24(18)21)11-20-14-27-28(15-26(20)25)35-29-16-32-9-7-22(29)30-23(31(35)34-27)6-3-8-33-30/h1-9,12-16H,10-11H2. The second kappa shape index (κ2) is 6.10. The Bertz CT molecular complexity index is 2070. The minimum Gasteiger partial charge on any atom is -0.290 e. The van der Waals surface area contributed by atoms with Crippen LogP contribution in [0.5, 0.6) is 0 Å². The fraction of sp³-hybridized carbons (Fsp3) is 0.0645. The zero-order valence-corrected chi connectivity index (χ0v) is 18.8. The van der Waals surface area contributed by atoms with Gasteiger partial charge in [0.2, 0.25) is 0 Å². The molecule has 162 valence electrons. The van der Waals surface area contributed by atoms with Gasteiger partial charge in [0.05, 0.1) is 28.3 Å². The molecule has 4 aromatic heterocycles. The monoisotopic (exact) mass is 446 g/mol. The van der Waals surface area contributed by atoms with Crippen molar-refractivity contribution in [3.63, 3.8) is 0 Å². The first-order valence-electron chi connectivity index (χ1n) is 12.0. The average Bonchev–Trinajstić information content (AvgIpc) is 3.56. The maximum Gasteiger partial charge on any atom is 0.148 e. The lowest BCUT2D eigenvalue weighted by atomic mass is 9.98. The van der Waals surface area contributed by atoms with Gasteiger partial charge in [-0.15, -0.1) is 0 Å². The first-order valence-corrected chi connectivity index (χ1v) is 12.0. The molecule has 0 unspecified atom stereocenters. The third-order valence-electron chi connectivity index (χ3n) is 7.91. The summed E-state index contributed by atoms with van der Waals surface area (Å²) in [5.41, 5.74) is 16.2. The molecule has 3 aromatic carbocycles. The maximum atomic E-state index is 5.12. The number of pyridine rings is 3. The molecule has 4 heterocycles. The van der Waals surface area contributed by atoms with Gasteiger partial charge in [0.25, 0.3) is 0 Å². The highest BCUT2D eigenvalue weighted by Crippen LogP contribution is 2.46. The highest BCUT2D eigenvalue weighted by atomic mass is 15.0. The SMILES string of the molecule is c1ccc2c(c1)Cc1cc3c(cc1-2)Cc1cc2nc4c5cccnc5c5ccncc5n4c2cc1-3. The van der Waals surface area contributed by atoms with E-state index in [1.165, 1.54) is 44.5 Å². The van der Waals surface area contributed by atoms with E-state index in [4.69, 9.17) is 9.97 Å². The van der Waals surface area contributed by atoms with Crippen LogP contribution in [0.15, 0.2) is 85.3 Å². The molecule has 4 heteroatoms. The predicted molar refractivity (Wildman–Crippen MR) is 140 cm³/mol. The molecule has 35 heavy (non-hydrogen) atoms. The first-order chi connectivity index (χ1) is 17.3. The third kappa shape index (κ3) is 2.20. The summed E-state index contributed by atoms with van der Waals surface area (Å²) < 4.78 is 2.27. The Labute approximate surface area is 200 Å². The summed E-state index contributed by atoms with van der Waals surface area (Å²) in [5, 5.41) is 2.16. The molecule has 0 bridgehead atoms. The molecular formula is C31H18N4. The van der Waals surface area contributed by atoms with E-state index in [-0.39, 0.29) is 0 Å². The smallest absolute Gasteiger partial charge is 0.148 e. The zero-order valence-electron chi connectivity index (χ0n) is 18.8. The molecule has 0 aliphatic heterocycles. The van der Waals surface area contributed by atoms with E-state index in [1.807, 2.05) is 24.7 Å². The van der Waals surface area contributed by atoms with Gasteiger partial charge in [0.1, 0.15) is 5.65 Å². The molecule has 2 aliphatic rings. The Morgan fingerprint density at radius 1 is 0.629 bits per heavy atom. The molecule has 0 radical (unpaired) electrons. The molecular weight excluding hydrogens is 428 g/mol. The van der Waals surface area contributed by atoms with Crippen molar-refractivity contribution >= 4 is 38.5 Å². The van der Waals surface area contributed by atoms with Crippen LogP contribution in [-0.4, -0.2) is 19.4 Å². The summed E-state index contributed by atoms with van der Waals surface area (Å²) in [6.07, 6.45) is 7.59. The molecule has 0 saturated carbocycles. The highest BCUT2D eigenvalue weighted by molar-refractivity contribution is 6.12. The zero-order chi connectivity index (χ0) is 22.7. The molecule has 0 saturated heterocycles. The largest absolute Gasteiger partial charge is 0.290 e.